The first-order valence-corrected chi connectivity index (χ1v) is 6.41. The van der Waals surface area contributed by atoms with E-state index in [1.54, 1.807) is 0 Å². The fourth-order valence-corrected chi connectivity index (χ4v) is 2.14. The lowest BCUT2D eigenvalue weighted by molar-refractivity contribution is -0.132. The number of amides is 1. The smallest absolute Gasteiger partial charge is 0.248 e. The highest BCUT2D eigenvalue weighted by Gasteiger charge is 2.38. The van der Waals surface area contributed by atoms with Crippen molar-refractivity contribution in [3.05, 3.63) is 0 Å². The Morgan fingerprint density at radius 2 is 2.18 bits per heavy atom. The summed E-state index contributed by atoms with van der Waals surface area (Å²) in [4.78, 5) is 11.7. The summed E-state index contributed by atoms with van der Waals surface area (Å²) in [5.74, 6) is -3.36. The second-order valence-corrected chi connectivity index (χ2v) is 4.65. The number of carbonyl (C=O) groups excluding carboxylic acids is 1. The summed E-state index contributed by atoms with van der Waals surface area (Å²) >= 11 is 0. The van der Waals surface area contributed by atoms with Crippen LogP contribution >= 0.6 is 0 Å². The van der Waals surface area contributed by atoms with Crippen LogP contribution in [0.3, 0.4) is 0 Å². The van der Waals surface area contributed by atoms with Gasteiger partial charge in [-0.1, -0.05) is 6.92 Å². The molecule has 0 bridgehead atoms. The van der Waals surface area contributed by atoms with Crippen molar-refractivity contribution in [3.63, 3.8) is 0 Å². The summed E-state index contributed by atoms with van der Waals surface area (Å²) in [6.07, 6.45) is 1.52. The highest BCUT2D eigenvalue weighted by molar-refractivity contribution is 5.78. The molecule has 17 heavy (non-hydrogen) atoms. The molecule has 1 aliphatic carbocycles. The van der Waals surface area contributed by atoms with Crippen molar-refractivity contribution in [2.45, 2.75) is 45.0 Å². The molecule has 0 aromatic carbocycles. The molecule has 1 aliphatic rings. The first-order valence-electron chi connectivity index (χ1n) is 6.41. The lowest BCUT2D eigenvalue weighted by Gasteiger charge is -2.27. The van der Waals surface area contributed by atoms with Gasteiger partial charge in [0.2, 0.25) is 11.8 Å². The summed E-state index contributed by atoms with van der Waals surface area (Å²) < 4.78 is 26.2. The summed E-state index contributed by atoms with van der Waals surface area (Å²) in [6.45, 7) is 4.33. The van der Waals surface area contributed by atoms with Gasteiger partial charge in [0.05, 0.1) is 0 Å². The lowest BCUT2D eigenvalue weighted by Crippen LogP contribution is -2.38. The lowest BCUT2D eigenvalue weighted by atomic mass is 9.86. The molecule has 1 amide bonds. The average molecular weight is 248 g/mol. The van der Waals surface area contributed by atoms with Crippen molar-refractivity contribution in [3.8, 4) is 0 Å². The van der Waals surface area contributed by atoms with Crippen LogP contribution in [0.1, 0.15) is 39.0 Å². The second-order valence-electron chi connectivity index (χ2n) is 4.65. The highest BCUT2D eigenvalue weighted by atomic mass is 19.3. The van der Waals surface area contributed by atoms with Crippen LogP contribution in [0, 0.1) is 5.92 Å². The van der Waals surface area contributed by atoms with Gasteiger partial charge in [0.25, 0.3) is 0 Å². The Morgan fingerprint density at radius 3 is 2.82 bits per heavy atom. The molecule has 0 aliphatic heterocycles. The van der Waals surface area contributed by atoms with Crippen LogP contribution in [-0.2, 0) is 4.79 Å². The predicted octanol–water partition coefficient (Wildman–Crippen LogP) is 1.93. The molecule has 1 fully saturated rings. The van der Waals surface area contributed by atoms with E-state index in [1.165, 1.54) is 0 Å². The van der Waals surface area contributed by atoms with E-state index in [0.717, 1.165) is 19.5 Å². The molecule has 3 nitrogen and oxygen atoms in total. The molecule has 0 aromatic rings. The quantitative estimate of drug-likeness (QED) is 0.705. The van der Waals surface area contributed by atoms with Gasteiger partial charge in [-0.05, 0) is 32.4 Å². The third-order valence-electron chi connectivity index (χ3n) is 3.09. The zero-order chi connectivity index (χ0) is 12.7. The van der Waals surface area contributed by atoms with Gasteiger partial charge in [-0.15, -0.1) is 0 Å². The van der Waals surface area contributed by atoms with E-state index in [2.05, 4.69) is 10.6 Å². The van der Waals surface area contributed by atoms with Gasteiger partial charge in [-0.25, -0.2) is 8.78 Å². The monoisotopic (exact) mass is 248 g/mol. The number of nitrogens with one attached hydrogen (secondary N) is 2. The normalized spacial score (nSPS) is 23.4. The van der Waals surface area contributed by atoms with Crippen LogP contribution in [-0.4, -0.2) is 31.5 Å². The van der Waals surface area contributed by atoms with Gasteiger partial charge >= 0.3 is 0 Å². The van der Waals surface area contributed by atoms with E-state index < -0.39 is 11.8 Å². The SMILES string of the molecule is CCNCCCNC(=O)C1CCCC(F)(F)C1. The standard InChI is InChI=1S/C12H22F2N2O/c1-2-15-7-4-8-16-11(17)10-5-3-6-12(13,14)9-10/h10,15H,2-9H2,1H3,(H,16,17). The fraction of sp³-hybridized carbons (Fsp3) is 0.917. The maximum Gasteiger partial charge on any atom is 0.248 e. The van der Waals surface area contributed by atoms with Crippen LogP contribution in [0.5, 0.6) is 0 Å². The average Bonchev–Trinajstić information content (AvgIpc) is 2.27. The zero-order valence-electron chi connectivity index (χ0n) is 10.4. The third-order valence-corrected chi connectivity index (χ3v) is 3.09. The van der Waals surface area contributed by atoms with Crippen molar-refractivity contribution in [1.29, 1.82) is 0 Å². The Hall–Kier alpha value is -0.710. The van der Waals surface area contributed by atoms with Crippen molar-refractivity contribution >= 4 is 5.91 Å². The summed E-state index contributed by atoms with van der Waals surface area (Å²) in [5, 5.41) is 5.88. The number of rotatable bonds is 6. The molecule has 0 heterocycles. The second kappa shape index (κ2) is 6.89. The topological polar surface area (TPSA) is 41.1 Å². The Labute approximate surface area is 101 Å². The molecule has 0 saturated heterocycles. The van der Waals surface area contributed by atoms with Gasteiger partial charge in [-0.3, -0.25) is 4.79 Å². The number of alkyl halides is 2. The number of carbonyl (C=O) groups is 1. The molecule has 0 aromatic heterocycles. The predicted molar refractivity (Wildman–Crippen MR) is 63.1 cm³/mol. The van der Waals surface area contributed by atoms with Crippen LogP contribution < -0.4 is 10.6 Å². The van der Waals surface area contributed by atoms with E-state index in [1.807, 2.05) is 6.92 Å². The zero-order valence-corrected chi connectivity index (χ0v) is 10.4. The molecule has 1 rings (SSSR count). The van der Waals surface area contributed by atoms with E-state index in [0.29, 0.717) is 19.4 Å². The molecular weight excluding hydrogens is 226 g/mol. The molecular formula is C12H22F2N2O. The Kier molecular flexibility index (Phi) is 5.82. The molecule has 5 heteroatoms. The van der Waals surface area contributed by atoms with Gasteiger partial charge in [-0.2, -0.15) is 0 Å². The van der Waals surface area contributed by atoms with Gasteiger partial charge in [0, 0.05) is 25.3 Å². The van der Waals surface area contributed by atoms with Crippen LogP contribution in [0.15, 0.2) is 0 Å². The molecule has 1 saturated carbocycles. The van der Waals surface area contributed by atoms with Crippen LogP contribution in [0.4, 0.5) is 8.78 Å². The maximum absolute atomic E-state index is 13.1. The molecule has 100 valence electrons. The minimum Gasteiger partial charge on any atom is -0.356 e. The van der Waals surface area contributed by atoms with E-state index in [4.69, 9.17) is 0 Å². The molecule has 0 radical (unpaired) electrons. The van der Waals surface area contributed by atoms with Crippen molar-refractivity contribution in [2.24, 2.45) is 5.92 Å². The molecule has 1 unspecified atom stereocenters. The maximum atomic E-state index is 13.1. The van der Waals surface area contributed by atoms with Crippen LogP contribution in [0.25, 0.3) is 0 Å². The Balaban J connectivity index is 2.18. The Bertz CT molecular complexity index is 247. The van der Waals surface area contributed by atoms with Gasteiger partial charge in [0.1, 0.15) is 0 Å². The van der Waals surface area contributed by atoms with Crippen LogP contribution in [0.2, 0.25) is 0 Å². The molecule has 2 N–H and O–H groups in total. The highest BCUT2D eigenvalue weighted by Crippen LogP contribution is 2.36. The fourth-order valence-electron chi connectivity index (χ4n) is 2.14. The number of hydrogen-bond acceptors (Lipinski definition) is 2. The molecule has 1 atom stereocenters. The van der Waals surface area contributed by atoms with Crippen molar-refractivity contribution in [1.82, 2.24) is 10.6 Å². The minimum absolute atomic E-state index is 0.0722. The summed E-state index contributed by atoms with van der Waals surface area (Å²) in [7, 11) is 0. The van der Waals surface area contributed by atoms with E-state index in [9.17, 15) is 13.6 Å². The van der Waals surface area contributed by atoms with E-state index >= 15 is 0 Å². The third kappa shape index (κ3) is 5.44. The Morgan fingerprint density at radius 1 is 1.41 bits per heavy atom. The minimum atomic E-state index is -2.65. The summed E-state index contributed by atoms with van der Waals surface area (Å²) in [5.41, 5.74) is 0. The molecule has 0 spiro atoms. The van der Waals surface area contributed by atoms with Gasteiger partial charge in [0.15, 0.2) is 0 Å². The number of hydrogen-bond donors (Lipinski definition) is 2. The first kappa shape index (κ1) is 14.4. The largest absolute Gasteiger partial charge is 0.356 e. The van der Waals surface area contributed by atoms with Gasteiger partial charge < -0.3 is 10.6 Å². The first-order chi connectivity index (χ1) is 8.05. The summed E-state index contributed by atoms with van der Waals surface area (Å²) in [6, 6.07) is 0. The van der Waals surface area contributed by atoms with Crippen molar-refractivity contribution < 1.29 is 13.6 Å². The van der Waals surface area contributed by atoms with Crippen molar-refractivity contribution in [2.75, 3.05) is 19.6 Å². The van der Waals surface area contributed by atoms with E-state index in [-0.39, 0.29) is 18.7 Å². The number of halogens is 2.